The average molecular weight is 144 g/mol. The van der Waals surface area contributed by atoms with Crippen LogP contribution in [0.15, 0.2) is 0 Å². The van der Waals surface area contributed by atoms with Crippen molar-refractivity contribution in [2.45, 2.75) is 18.4 Å². The Morgan fingerprint density at radius 3 is 2.20 bits per heavy atom. The maximum absolute atomic E-state index is 10.7. The van der Waals surface area contributed by atoms with Crippen molar-refractivity contribution in [2.75, 3.05) is 13.2 Å². The third kappa shape index (κ3) is 1.27. The fourth-order valence-corrected chi connectivity index (χ4v) is 0.982. The van der Waals surface area contributed by atoms with E-state index in [1.54, 1.807) is 0 Å². The summed E-state index contributed by atoms with van der Waals surface area (Å²) in [5, 5.41) is 0. The molecule has 10 heavy (non-hydrogen) atoms. The van der Waals surface area contributed by atoms with Gasteiger partial charge in [0.1, 0.15) is 0 Å². The highest BCUT2D eigenvalue weighted by Gasteiger charge is 2.33. The van der Waals surface area contributed by atoms with Crippen molar-refractivity contribution < 1.29 is 9.53 Å². The molecule has 0 aromatic carbocycles. The Labute approximate surface area is 59.5 Å². The lowest BCUT2D eigenvalue weighted by atomic mass is 9.91. The molecule has 4 heteroatoms. The van der Waals surface area contributed by atoms with Gasteiger partial charge in [-0.2, -0.15) is 0 Å². The Hall–Kier alpha value is -0.610. The van der Waals surface area contributed by atoms with E-state index < -0.39 is 11.4 Å². The van der Waals surface area contributed by atoms with Crippen molar-refractivity contribution in [2.24, 2.45) is 11.5 Å². The lowest BCUT2D eigenvalue weighted by molar-refractivity contribution is -0.126. The Morgan fingerprint density at radius 2 is 1.90 bits per heavy atom. The molecule has 0 radical (unpaired) electrons. The minimum Gasteiger partial charge on any atom is -0.381 e. The molecule has 0 aromatic heterocycles. The third-order valence-corrected chi connectivity index (χ3v) is 1.88. The molecule has 4 N–H and O–H groups in total. The number of hydrogen-bond donors (Lipinski definition) is 2. The number of amides is 1. The Balaban J connectivity index is 2.56. The van der Waals surface area contributed by atoms with Crippen LogP contribution in [0, 0.1) is 0 Å². The van der Waals surface area contributed by atoms with Crippen molar-refractivity contribution in [1.82, 2.24) is 0 Å². The molecule has 1 aliphatic rings. The summed E-state index contributed by atoms with van der Waals surface area (Å²) in [5.41, 5.74) is 9.92. The van der Waals surface area contributed by atoms with Crippen LogP contribution in [0.25, 0.3) is 0 Å². The van der Waals surface area contributed by atoms with E-state index in [0.717, 1.165) is 0 Å². The summed E-state index contributed by atoms with van der Waals surface area (Å²) in [6, 6.07) is 0. The van der Waals surface area contributed by atoms with Gasteiger partial charge in [-0.05, 0) is 12.8 Å². The molecule has 0 saturated carbocycles. The normalized spacial score (nSPS) is 24.1. The van der Waals surface area contributed by atoms with Gasteiger partial charge in [0, 0.05) is 13.2 Å². The monoisotopic (exact) mass is 144 g/mol. The first-order chi connectivity index (χ1) is 4.65. The third-order valence-electron chi connectivity index (χ3n) is 1.88. The second kappa shape index (κ2) is 2.56. The zero-order chi connectivity index (χ0) is 7.61. The van der Waals surface area contributed by atoms with Crippen molar-refractivity contribution in [3.8, 4) is 0 Å². The second-order valence-electron chi connectivity index (χ2n) is 2.63. The molecule has 1 heterocycles. The number of carbonyl (C=O) groups is 1. The fourth-order valence-electron chi connectivity index (χ4n) is 0.982. The van der Waals surface area contributed by atoms with Crippen LogP contribution >= 0.6 is 0 Å². The van der Waals surface area contributed by atoms with Gasteiger partial charge in [-0.1, -0.05) is 0 Å². The molecule has 1 rings (SSSR count). The zero-order valence-corrected chi connectivity index (χ0v) is 5.80. The van der Waals surface area contributed by atoms with Crippen LogP contribution < -0.4 is 11.5 Å². The van der Waals surface area contributed by atoms with Crippen LogP contribution in [0.4, 0.5) is 0 Å². The summed E-state index contributed by atoms with van der Waals surface area (Å²) >= 11 is 0. The van der Waals surface area contributed by atoms with Gasteiger partial charge in [-0.15, -0.1) is 0 Å². The van der Waals surface area contributed by atoms with E-state index >= 15 is 0 Å². The molecular formula is C6H12N2O2. The maximum atomic E-state index is 10.7. The Kier molecular flexibility index (Phi) is 1.92. The first-order valence-electron chi connectivity index (χ1n) is 3.32. The maximum Gasteiger partial charge on any atom is 0.237 e. The van der Waals surface area contributed by atoms with Crippen LogP contribution in [-0.4, -0.2) is 24.7 Å². The van der Waals surface area contributed by atoms with Crippen LogP contribution in [0.1, 0.15) is 12.8 Å². The number of primary amides is 1. The molecule has 1 amide bonds. The van der Waals surface area contributed by atoms with Crippen LogP contribution in [-0.2, 0) is 9.53 Å². The lowest BCUT2D eigenvalue weighted by Gasteiger charge is -2.29. The van der Waals surface area contributed by atoms with Crippen LogP contribution in [0.3, 0.4) is 0 Å². The van der Waals surface area contributed by atoms with Crippen LogP contribution in [0.2, 0.25) is 0 Å². The molecule has 58 valence electrons. The van der Waals surface area contributed by atoms with E-state index in [0.29, 0.717) is 26.1 Å². The van der Waals surface area contributed by atoms with E-state index in [9.17, 15) is 4.79 Å². The van der Waals surface area contributed by atoms with E-state index in [-0.39, 0.29) is 0 Å². The minimum atomic E-state index is -0.807. The number of nitrogens with two attached hydrogens (primary N) is 2. The highest BCUT2D eigenvalue weighted by Crippen LogP contribution is 2.16. The summed E-state index contributed by atoms with van der Waals surface area (Å²) in [5.74, 6) is -0.421. The molecule has 0 aliphatic carbocycles. The summed E-state index contributed by atoms with van der Waals surface area (Å²) in [4.78, 5) is 10.7. The number of ether oxygens (including phenoxy) is 1. The highest BCUT2D eigenvalue weighted by molar-refractivity contribution is 5.84. The predicted molar refractivity (Wildman–Crippen MR) is 36.2 cm³/mol. The molecule has 0 aromatic rings. The van der Waals surface area contributed by atoms with Gasteiger partial charge in [-0.25, -0.2) is 0 Å². The topological polar surface area (TPSA) is 78.3 Å². The van der Waals surface area contributed by atoms with Gasteiger partial charge < -0.3 is 16.2 Å². The summed E-state index contributed by atoms with van der Waals surface area (Å²) < 4.78 is 5.03. The van der Waals surface area contributed by atoms with Gasteiger partial charge in [0.15, 0.2) is 0 Å². The zero-order valence-electron chi connectivity index (χ0n) is 5.80. The predicted octanol–water partition coefficient (Wildman–Crippen LogP) is -1.02. The minimum absolute atomic E-state index is 0.421. The summed E-state index contributed by atoms with van der Waals surface area (Å²) in [6.07, 6.45) is 1.09. The summed E-state index contributed by atoms with van der Waals surface area (Å²) in [6.45, 7) is 1.08. The Morgan fingerprint density at radius 1 is 1.40 bits per heavy atom. The van der Waals surface area contributed by atoms with Gasteiger partial charge in [0.2, 0.25) is 5.91 Å². The molecule has 0 spiro atoms. The quantitative estimate of drug-likeness (QED) is 0.494. The SMILES string of the molecule is NC(=O)C1(N)CCOCC1. The Bertz CT molecular complexity index is 141. The van der Waals surface area contributed by atoms with E-state index in [1.165, 1.54) is 0 Å². The van der Waals surface area contributed by atoms with E-state index in [1.807, 2.05) is 0 Å². The lowest BCUT2D eigenvalue weighted by Crippen LogP contribution is -2.55. The van der Waals surface area contributed by atoms with Crippen LogP contribution in [0.5, 0.6) is 0 Å². The van der Waals surface area contributed by atoms with Crippen molar-refractivity contribution >= 4 is 5.91 Å². The molecule has 0 unspecified atom stereocenters. The molecule has 0 atom stereocenters. The summed E-state index contributed by atoms with van der Waals surface area (Å²) in [7, 11) is 0. The second-order valence-corrected chi connectivity index (χ2v) is 2.63. The number of rotatable bonds is 1. The fraction of sp³-hybridized carbons (Fsp3) is 0.833. The largest absolute Gasteiger partial charge is 0.381 e. The average Bonchev–Trinajstić information content (AvgIpc) is 1.89. The van der Waals surface area contributed by atoms with Crippen molar-refractivity contribution in [1.29, 1.82) is 0 Å². The molecule has 1 aliphatic heterocycles. The molecule has 1 fully saturated rings. The van der Waals surface area contributed by atoms with Gasteiger partial charge >= 0.3 is 0 Å². The van der Waals surface area contributed by atoms with E-state index in [2.05, 4.69) is 0 Å². The van der Waals surface area contributed by atoms with E-state index in [4.69, 9.17) is 16.2 Å². The smallest absolute Gasteiger partial charge is 0.237 e. The van der Waals surface area contributed by atoms with Gasteiger partial charge in [0.05, 0.1) is 5.54 Å². The van der Waals surface area contributed by atoms with Crippen molar-refractivity contribution in [3.05, 3.63) is 0 Å². The molecule has 4 nitrogen and oxygen atoms in total. The first-order valence-corrected chi connectivity index (χ1v) is 3.32. The van der Waals surface area contributed by atoms with Gasteiger partial charge in [0.25, 0.3) is 0 Å². The standard InChI is InChI=1S/C6H12N2O2/c7-5(9)6(8)1-3-10-4-2-6/h1-4,8H2,(H2,7,9). The van der Waals surface area contributed by atoms with Crippen molar-refractivity contribution in [3.63, 3.8) is 0 Å². The van der Waals surface area contributed by atoms with Gasteiger partial charge in [-0.3, -0.25) is 4.79 Å². The molecular weight excluding hydrogens is 132 g/mol. The number of hydrogen-bond acceptors (Lipinski definition) is 3. The highest BCUT2D eigenvalue weighted by atomic mass is 16.5. The molecule has 0 bridgehead atoms. The number of carbonyl (C=O) groups excluding carboxylic acids is 1. The molecule has 1 saturated heterocycles. The first kappa shape index (κ1) is 7.50.